The molecule has 6 nitrogen and oxygen atoms in total. The van der Waals surface area contributed by atoms with Gasteiger partial charge in [-0.15, -0.1) is 10.2 Å². The highest BCUT2D eigenvalue weighted by atomic mass is 16.1. The van der Waals surface area contributed by atoms with Crippen molar-refractivity contribution >= 4 is 5.91 Å². The number of nitrogens with one attached hydrogen (secondary N) is 1. The average molecular weight is 347 g/mol. The van der Waals surface area contributed by atoms with Gasteiger partial charge in [0.15, 0.2) is 0 Å². The summed E-state index contributed by atoms with van der Waals surface area (Å²) >= 11 is 0. The lowest BCUT2D eigenvalue weighted by atomic mass is 10.1. The van der Waals surface area contributed by atoms with Crippen molar-refractivity contribution in [3.05, 3.63) is 77.6 Å². The zero-order valence-electron chi connectivity index (χ0n) is 14.5. The highest BCUT2D eigenvalue weighted by Gasteiger charge is 2.22. The van der Waals surface area contributed by atoms with Crippen LogP contribution in [0.4, 0.5) is 0 Å². The van der Waals surface area contributed by atoms with Crippen molar-refractivity contribution in [1.29, 1.82) is 0 Å². The monoisotopic (exact) mass is 347 g/mol. The Hall–Kier alpha value is -3.02. The number of rotatable bonds is 4. The molecule has 1 unspecified atom stereocenters. The van der Waals surface area contributed by atoms with Gasteiger partial charge in [-0.3, -0.25) is 9.78 Å². The van der Waals surface area contributed by atoms with E-state index in [-0.39, 0.29) is 11.9 Å². The summed E-state index contributed by atoms with van der Waals surface area (Å²) in [5.41, 5.74) is 1.69. The van der Waals surface area contributed by atoms with Crippen molar-refractivity contribution in [2.45, 2.75) is 38.3 Å². The summed E-state index contributed by atoms with van der Waals surface area (Å²) in [5, 5.41) is 11.9. The SMILES string of the molecule is O=C(NC1CCc2nnc(Cc3ccccc3)n2CC1)c1ccccn1. The summed E-state index contributed by atoms with van der Waals surface area (Å²) in [4.78, 5) is 16.5. The molecule has 1 amide bonds. The van der Waals surface area contributed by atoms with Gasteiger partial charge < -0.3 is 9.88 Å². The van der Waals surface area contributed by atoms with E-state index in [1.54, 1.807) is 12.3 Å². The van der Waals surface area contributed by atoms with Crippen molar-refractivity contribution in [2.24, 2.45) is 0 Å². The molecule has 1 N–H and O–H groups in total. The van der Waals surface area contributed by atoms with Gasteiger partial charge in [0.1, 0.15) is 17.3 Å². The van der Waals surface area contributed by atoms with E-state index in [1.807, 2.05) is 30.3 Å². The van der Waals surface area contributed by atoms with E-state index < -0.39 is 0 Å². The van der Waals surface area contributed by atoms with E-state index >= 15 is 0 Å². The predicted molar refractivity (Wildman–Crippen MR) is 97.7 cm³/mol. The Morgan fingerprint density at radius 1 is 1.08 bits per heavy atom. The van der Waals surface area contributed by atoms with E-state index in [0.29, 0.717) is 5.69 Å². The first-order chi connectivity index (χ1) is 12.8. The van der Waals surface area contributed by atoms with E-state index in [9.17, 15) is 4.79 Å². The first-order valence-corrected chi connectivity index (χ1v) is 8.96. The van der Waals surface area contributed by atoms with Crippen LogP contribution in [0.2, 0.25) is 0 Å². The number of pyridine rings is 1. The molecule has 1 aliphatic heterocycles. The van der Waals surface area contributed by atoms with Gasteiger partial charge in [-0.25, -0.2) is 0 Å². The number of hydrogen-bond donors (Lipinski definition) is 1. The van der Waals surface area contributed by atoms with Crippen LogP contribution in [0, 0.1) is 0 Å². The molecule has 3 aromatic rings. The fourth-order valence-electron chi connectivity index (χ4n) is 3.36. The van der Waals surface area contributed by atoms with Gasteiger partial charge >= 0.3 is 0 Å². The first-order valence-electron chi connectivity index (χ1n) is 8.96. The van der Waals surface area contributed by atoms with E-state index in [0.717, 1.165) is 43.9 Å². The summed E-state index contributed by atoms with van der Waals surface area (Å²) in [6.07, 6.45) is 4.96. The second-order valence-electron chi connectivity index (χ2n) is 6.56. The zero-order valence-corrected chi connectivity index (χ0v) is 14.5. The summed E-state index contributed by atoms with van der Waals surface area (Å²) in [6, 6.07) is 15.8. The van der Waals surface area contributed by atoms with Crippen LogP contribution in [0.3, 0.4) is 0 Å². The second kappa shape index (κ2) is 7.47. The van der Waals surface area contributed by atoms with Gasteiger partial charge in [-0.1, -0.05) is 36.4 Å². The number of benzene rings is 1. The Kier molecular flexibility index (Phi) is 4.73. The smallest absolute Gasteiger partial charge is 0.270 e. The average Bonchev–Trinajstić information content (AvgIpc) is 2.95. The fraction of sp³-hybridized carbons (Fsp3) is 0.300. The van der Waals surface area contributed by atoms with Crippen molar-refractivity contribution in [2.75, 3.05) is 0 Å². The van der Waals surface area contributed by atoms with E-state index in [1.165, 1.54) is 5.56 Å². The van der Waals surface area contributed by atoms with Crippen molar-refractivity contribution in [1.82, 2.24) is 25.1 Å². The summed E-state index contributed by atoms with van der Waals surface area (Å²) < 4.78 is 2.21. The lowest BCUT2D eigenvalue weighted by Gasteiger charge is -2.15. The van der Waals surface area contributed by atoms with Crippen LogP contribution in [-0.4, -0.2) is 31.7 Å². The number of nitrogens with zero attached hydrogens (tertiary/aromatic N) is 4. The maximum atomic E-state index is 12.3. The lowest BCUT2D eigenvalue weighted by Crippen LogP contribution is -2.35. The molecule has 0 saturated heterocycles. The maximum Gasteiger partial charge on any atom is 0.270 e. The quantitative estimate of drug-likeness (QED) is 0.786. The molecule has 4 rings (SSSR count). The fourth-order valence-corrected chi connectivity index (χ4v) is 3.36. The third-order valence-corrected chi connectivity index (χ3v) is 4.76. The molecule has 2 aromatic heterocycles. The Morgan fingerprint density at radius 2 is 1.92 bits per heavy atom. The minimum absolute atomic E-state index is 0.113. The summed E-state index contributed by atoms with van der Waals surface area (Å²) in [5.74, 6) is 1.88. The Balaban J connectivity index is 1.42. The third-order valence-electron chi connectivity index (χ3n) is 4.76. The van der Waals surface area contributed by atoms with Crippen LogP contribution in [0.5, 0.6) is 0 Å². The van der Waals surface area contributed by atoms with Crippen molar-refractivity contribution in [3.63, 3.8) is 0 Å². The molecule has 0 saturated carbocycles. The molecule has 132 valence electrons. The standard InChI is InChI=1S/C20H21N5O/c26-20(17-8-4-5-12-21-17)22-16-9-10-18-23-24-19(25(18)13-11-16)14-15-6-2-1-3-7-15/h1-8,12,16H,9-11,13-14H2,(H,22,26). The second-order valence-corrected chi connectivity index (χ2v) is 6.56. The molecule has 3 heterocycles. The number of fused-ring (bicyclic) bond motifs is 1. The van der Waals surface area contributed by atoms with Gasteiger partial charge in [0.2, 0.25) is 0 Å². The Labute approximate surface area is 152 Å². The molecule has 0 spiro atoms. The molecule has 0 fully saturated rings. The zero-order chi connectivity index (χ0) is 17.8. The summed E-state index contributed by atoms with van der Waals surface area (Å²) in [6.45, 7) is 0.817. The number of aryl methyl sites for hydroxylation is 1. The van der Waals surface area contributed by atoms with Crippen LogP contribution in [0.25, 0.3) is 0 Å². The highest BCUT2D eigenvalue weighted by molar-refractivity contribution is 5.92. The van der Waals surface area contributed by atoms with Crippen molar-refractivity contribution < 1.29 is 4.79 Å². The Bertz CT molecular complexity index is 876. The predicted octanol–water partition coefficient (Wildman–Crippen LogP) is 2.40. The number of aromatic nitrogens is 4. The third kappa shape index (κ3) is 3.64. The normalized spacial score (nSPS) is 16.5. The maximum absolute atomic E-state index is 12.3. The topological polar surface area (TPSA) is 72.7 Å². The van der Waals surface area contributed by atoms with Crippen LogP contribution in [0.1, 0.15) is 40.5 Å². The molecule has 6 heteroatoms. The number of amides is 1. The van der Waals surface area contributed by atoms with Gasteiger partial charge in [-0.05, 0) is 30.5 Å². The van der Waals surface area contributed by atoms with Gasteiger partial charge in [0.05, 0.1) is 0 Å². The number of hydrogen-bond acceptors (Lipinski definition) is 4. The van der Waals surface area contributed by atoms with Crippen LogP contribution >= 0.6 is 0 Å². The molecule has 0 aliphatic carbocycles. The molecule has 0 bridgehead atoms. The highest BCUT2D eigenvalue weighted by Crippen LogP contribution is 2.17. The molecular formula is C20H21N5O. The molecule has 26 heavy (non-hydrogen) atoms. The molecule has 1 atom stereocenters. The largest absolute Gasteiger partial charge is 0.348 e. The minimum Gasteiger partial charge on any atom is -0.348 e. The van der Waals surface area contributed by atoms with Crippen LogP contribution < -0.4 is 5.32 Å². The van der Waals surface area contributed by atoms with Gasteiger partial charge in [0.25, 0.3) is 5.91 Å². The van der Waals surface area contributed by atoms with Crippen LogP contribution in [-0.2, 0) is 19.4 Å². The van der Waals surface area contributed by atoms with Crippen LogP contribution in [0.15, 0.2) is 54.7 Å². The summed E-state index contributed by atoms with van der Waals surface area (Å²) in [7, 11) is 0. The lowest BCUT2D eigenvalue weighted by molar-refractivity contribution is 0.0928. The Morgan fingerprint density at radius 3 is 2.73 bits per heavy atom. The van der Waals surface area contributed by atoms with Gasteiger partial charge in [-0.2, -0.15) is 0 Å². The molecule has 0 radical (unpaired) electrons. The molecular weight excluding hydrogens is 326 g/mol. The van der Waals surface area contributed by atoms with E-state index in [4.69, 9.17) is 0 Å². The van der Waals surface area contributed by atoms with Gasteiger partial charge in [0, 0.05) is 31.6 Å². The molecule has 1 aliphatic rings. The van der Waals surface area contributed by atoms with Crippen molar-refractivity contribution in [3.8, 4) is 0 Å². The van der Waals surface area contributed by atoms with E-state index in [2.05, 4.69) is 37.2 Å². The first kappa shape index (κ1) is 16.4. The minimum atomic E-state index is -0.113. The molecule has 1 aromatic carbocycles. The number of carbonyl (C=O) groups is 1. The number of carbonyl (C=O) groups excluding carboxylic acids is 1.